The van der Waals surface area contributed by atoms with E-state index in [2.05, 4.69) is 21.2 Å². The van der Waals surface area contributed by atoms with Crippen molar-refractivity contribution in [3.8, 4) is 0 Å². The summed E-state index contributed by atoms with van der Waals surface area (Å²) in [4.78, 5) is 18.0. The van der Waals surface area contributed by atoms with Gasteiger partial charge in [0.25, 0.3) is 0 Å². The summed E-state index contributed by atoms with van der Waals surface area (Å²) in [7, 11) is 0. The number of thioether (sulfide) groups is 1. The van der Waals surface area contributed by atoms with E-state index in [1.165, 1.54) is 16.6 Å². The van der Waals surface area contributed by atoms with Crippen molar-refractivity contribution in [2.45, 2.75) is 30.5 Å². The summed E-state index contributed by atoms with van der Waals surface area (Å²) in [5, 5.41) is 8.88. The molecule has 140 valence electrons. The van der Waals surface area contributed by atoms with Crippen LogP contribution in [0.2, 0.25) is 4.34 Å². The zero-order chi connectivity index (χ0) is 18.1. The minimum Gasteiger partial charge on any atom is -0.339 e. The second kappa shape index (κ2) is 7.75. The van der Waals surface area contributed by atoms with Gasteiger partial charge in [-0.05, 0) is 25.0 Å². The fourth-order valence-corrected chi connectivity index (χ4v) is 4.93. The largest absolute Gasteiger partial charge is 0.339 e. The number of nitrogens with zero attached hydrogens (tertiary/aromatic N) is 5. The number of thiophene rings is 1. The third-order valence-electron chi connectivity index (χ3n) is 4.69. The van der Waals surface area contributed by atoms with Crippen molar-refractivity contribution < 1.29 is 4.79 Å². The van der Waals surface area contributed by atoms with E-state index in [0.29, 0.717) is 16.8 Å². The molecule has 2 N–H and O–H groups in total. The Hall–Kier alpha value is -1.29. The average Bonchev–Trinajstić information content (AvgIpc) is 3.30. The second-order valence-corrected chi connectivity index (χ2v) is 9.38. The summed E-state index contributed by atoms with van der Waals surface area (Å²) in [6.45, 7) is 4.16. The normalized spacial score (nSPS) is 18.4. The van der Waals surface area contributed by atoms with Crippen molar-refractivity contribution >= 4 is 40.6 Å². The molecule has 0 unspecified atom stereocenters. The molecule has 4 rings (SSSR count). The van der Waals surface area contributed by atoms with Gasteiger partial charge in [0.15, 0.2) is 5.82 Å². The van der Waals surface area contributed by atoms with Gasteiger partial charge in [-0.2, -0.15) is 0 Å². The number of nitrogen functional groups attached to an aromatic ring is 1. The Kier molecular flexibility index (Phi) is 5.40. The number of piperazine rings is 1. The number of aromatic nitrogens is 3. The van der Waals surface area contributed by atoms with Crippen LogP contribution in [-0.4, -0.2) is 62.5 Å². The van der Waals surface area contributed by atoms with Crippen LogP contribution >= 0.6 is 34.7 Å². The van der Waals surface area contributed by atoms with Crippen LogP contribution < -0.4 is 5.84 Å². The van der Waals surface area contributed by atoms with E-state index in [1.807, 2.05) is 11.0 Å². The lowest BCUT2D eigenvalue weighted by atomic mass is 10.3. The van der Waals surface area contributed by atoms with Crippen LogP contribution in [0.3, 0.4) is 0 Å². The van der Waals surface area contributed by atoms with Gasteiger partial charge < -0.3 is 10.7 Å². The molecule has 1 amide bonds. The minimum absolute atomic E-state index is 0.129. The van der Waals surface area contributed by atoms with Gasteiger partial charge in [0.2, 0.25) is 11.1 Å². The van der Waals surface area contributed by atoms with Crippen molar-refractivity contribution in [2.24, 2.45) is 0 Å². The highest BCUT2D eigenvalue weighted by molar-refractivity contribution is 7.99. The number of rotatable bonds is 6. The van der Waals surface area contributed by atoms with Crippen LogP contribution in [-0.2, 0) is 11.3 Å². The van der Waals surface area contributed by atoms with Gasteiger partial charge in [-0.15, -0.1) is 21.5 Å². The van der Waals surface area contributed by atoms with Crippen LogP contribution in [0.15, 0.2) is 17.3 Å². The first-order chi connectivity index (χ1) is 12.6. The quantitative estimate of drug-likeness (QED) is 0.577. The van der Waals surface area contributed by atoms with Gasteiger partial charge in [0.1, 0.15) is 0 Å². The van der Waals surface area contributed by atoms with E-state index in [-0.39, 0.29) is 5.91 Å². The Morgan fingerprint density at radius 3 is 2.69 bits per heavy atom. The molecular formula is C16H21ClN6OS2. The first kappa shape index (κ1) is 18.1. The number of halogens is 1. The van der Waals surface area contributed by atoms with E-state index in [4.69, 9.17) is 17.4 Å². The third-order valence-corrected chi connectivity index (χ3v) is 6.84. The standard InChI is InChI=1S/C16H21ClN6OS2/c17-13-4-3-12(26-13)9-21-5-7-22(8-6-21)14(24)10-25-16-20-19-15(23(16)18)11-1-2-11/h3-4,11H,1-2,5-10,18H2. The fraction of sp³-hybridized carbons (Fsp3) is 0.562. The monoisotopic (exact) mass is 412 g/mol. The van der Waals surface area contributed by atoms with E-state index >= 15 is 0 Å². The lowest BCUT2D eigenvalue weighted by molar-refractivity contribution is -0.130. The molecule has 1 saturated carbocycles. The Labute approximate surface area is 165 Å². The van der Waals surface area contributed by atoms with Crippen LogP contribution in [0.1, 0.15) is 29.5 Å². The lowest BCUT2D eigenvalue weighted by Gasteiger charge is -2.34. The van der Waals surface area contributed by atoms with Crippen molar-refractivity contribution in [2.75, 3.05) is 37.8 Å². The first-order valence-electron chi connectivity index (χ1n) is 8.67. The topological polar surface area (TPSA) is 80.3 Å². The molecule has 1 saturated heterocycles. The molecule has 1 aliphatic heterocycles. The maximum atomic E-state index is 12.5. The molecule has 1 aliphatic carbocycles. The number of nitrogens with two attached hydrogens (primary N) is 1. The molecule has 2 aliphatic rings. The molecular weight excluding hydrogens is 392 g/mol. The molecule has 0 bridgehead atoms. The van der Waals surface area contributed by atoms with E-state index in [1.54, 1.807) is 16.0 Å². The maximum Gasteiger partial charge on any atom is 0.233 e. The number of carbonyl (C=O) groups excluding carboxylic acids is 1. The smallest absolute Gasteiger partial charge is 0.233 e. The van der Waals surface area contributed by atoms with Crippen molar-refractivity contribution in [3.63, 3.8) is 0 Å². The number of carbonyl (C=O) groups is 1. The van der Waals surface area contributed by atoms with Crippen molar-refractivity contribution in [1.29, 1.82) is 0 Å². The van der Waals surface area contributed by atoms with Crippen LogP contribution in [0.4, 0.5) is 0 Å². The fourth-order valence-electron chi connectivity index (χ4n) is 3.04. The molecule has 2 aromatic rings. The summed E-state index contributed by atoms with van der Waals surface area (Å²) < 4.78 is 2.36. The van der Waals surface area contributed by atoms with E-state index in [9.17, 15) is 4.79 Å². The van der Waals surface area contributed by atoms with Crippen molar-refractivity contribution in [3.05, 3.63) is 27.2 Å². The van der Waals surface area contributed by atoms with Gasteiger partial charge in [-0.3, -0.25) is 9.69 Å². The third kappa shape index (κ3) is 4.16. The van der Waals surface area contributed by atoms with Crippen LogP contribution in [0.5, 0.6) is 0 Å². The van der Waals surface area contributed by atoms with Gasteiger partial charge >= 0.3 is 0 Å². The minimum atomic E-state index is 0.129. The predicted molar refractivity (Wildman–Crippen MR) is 104 cm³/mol. The van der Waals surface area contributed by atoms with Gasteiger partial charge in [-0.25, -0.2) is 4.68 Å². The Morgan fingerprint density at radius 2 is 2.04 bits per heavy atom. The van der Waals surface area contributed by atoms with Crippen molar-refractivity contribution in [1.82, 2.24) is 24.7 Å². The van der Waals surface area contributed by atoms with E-state index < -0.39 is 0 Å². The van der Waals surface area contributed by atoms with Gasteiger partial charge in [0.05, 0.1) is 10.1 Å². The molecule has 3 heterocycles. The molecule has 0 atom stereocenters. The maximum absolute atomic E-state index is 12.5. The van der Waals surface area contributed by atoms with Crippen LogP contribution in [0.25, 0.3) is 0 Å². The average molecular weight is 413 g/mol. The number of hydrogen-bond acceptors (Lipinski definition) is 7. The highest BCUT2D eigenvalue weighted by Gasteiger charge is 2.30. The molecule has 2 aromatic heterocycles. The summed E-state index contributed by atoms with van der Waals surface area (Å²) in [5.74, 6) is 7.79. The highest BCUT2D eigenvalue weighted by atomic mass is 35.5. The summed E-state index contributed by atoms with van der Waals surface area (Å²) in [5.41, 5.74) is 0. The van der Waals surface area contributed by atoms with Crippen LogP contribution in [0, 0.1) is 0 Å². The van der Waals surface area contributed by atoms with Gasteiger partial charge in [-0.1, -0.05) is 23.4 Å². The number of hydrogen-bond donors (Lipinski definition) is 1. The SMILES string of the molecule is Nn1c(SCC(=O)N2CCN(Cc3ccc(Cl)s3)CC2)nnc1C1CC1. The zero-order valence-corrected chi connectivity index (χ0v) is 16.7. The molecule has 2 fully saturated rings. The molecule has 0 aromatic carbocycles. The van der Waals surface area contributed by atoms with Gasteiger partial charge in [0, 0.05) is 43.5 Å². The summed E-state index contributed by atoms with van der Waals surface area (Å²) in [6, 6.07) is 4.00. The number of amides is 1. The Bertz CT molecular complexity index is 782. The molecule has 10 heteroatoms. The summed E-state index contributed by atoms with van der Waals surface area (Å²) in [6.07, 6.45) is 2.25. The molecule has 26 heavy (non-hydrogen) atoms. The predicted octanol–water partition coefficient (Wildman–Crippen LogP) is 2.02. The lowest BCUT2D eigenvalue weighted by Crippen LogP contribution is -2.48. The molecule has 0 spiro atoms. The Morgan fingerprint density at radius 1 is 1.27 bits per heavy atom. The highest BCUT2D eigenvalue weighted by Crippen LogP contribution is 2.39. The van der Waals surface area contributed by atoms with E-state index in [0.717, 1.165) is 55.7 Å². The molecule has 0 radical (unpaired) electrons. The Balaban J connectivity index is 1.23. The zero-order valence-electron chi connectivity index (χ0n) is 14.3. The molecule has 7 nitrogen and oxygen atoms in total. The summed E-state index contributed by atoms with van der Waals surface area (Å²) >= 11 is 8.97. The second-order valence-electron chi connectivity index (χ2n) is 6.64. The first-order valence-corrected chi connectivity index (χ1v) is 10.9.